The number of oxime groups is 1. The highest BCUT2D eigenvalue weighted by Gasteiger charge is 2.14. The molecule has 0 spiro atoms. The summed E-state index contributed by atoms with van der Waals surface area (Å²) in [4.78, 5) is 13.2. The van der Waals surface area contributed by atoms with E-state index in [1.807, 2.05) is 13.0 Å². The SMILES string of the molecule is CC(NC(=O)c1cccc(C(N)=NO)c1)c1ccc(Cl)s1. The van der Waals surface area contributed by atoms with E-state index < -0.39 is 0 Å². The van der Waals surface area contributed by atoms with Crippen LogP contribution in [0.3, 0.4) is 0 Å². The third kappa shape index (κ3) is 3.74. The first-order valence-corrected chi connectivity index (χ1v) is 7.34. The zero-order chi connectivity index (χ0) is 15.4. The molecule has 1 heterocycles. The van der Waals surface area contributed by atoms with E-state index in [0.717, 1.165) is 4.88 Å². The van der Waals surface area contributed by atoms with Gasteiger partial charge in [0.25, 0.3) is 5.91 Å². The number of carbonyl (C=O) groups is 1. The molecule has 110 valence electrons. The molecular formula is C14H14ClN3O2S. The molecule has 2 aromatic rings. The van der Waals surface area contributed by atoms with Crippen LogP contribution in [0.2, 0.25) is 4.34 Å². The average Bonchev–Trinajstić information content (AvgIpc) is 2.93. The van der Waals surface area contributed by atoms with Gasteiger partial charge in [0, 0.05) is 16.0 Å². The molecule has 2 rings (SSSR count). The topological polar surface area (TPSA) is 87.7 Å². The van der Waals surface area contributed by atoms with Crippen LogP contribution in [0.15, 0.2) is 41.6 Å². The van der Waals surface area contributed by atoms with Gasteiger partial charge < -0.3 is 16.3 Å². The molecule has 0 aliphatic heterocycles. The fraction of sp³-hybridized carbons (Fsp3) is 0.143. The predicted molar refractivity (Wildman–Crippen MR) is 84.2 cm³/mol. The molecular weight excluding hydrogens is 310 g/mol. The lowest BCUT2D eigenvalue weighted by Crippen LogP contribution is -2.26. The van der Waals surface area contributed by atoms with E-state index in [-0.39, 0.29) is 17.8 Å². The third-order valence-corrected chi connectivity index (χ3v) is 4.31. The maximum Gasteiger partial charge on any atom is 0.251 e. The maximum absolute atomic E-state index is 12.2. The van der Waals surface area contributed by atoms with E-state index in [0.29, 0.717) is 15.5 Å². The molecule has 5 nitrogen and oxygen atoms in total. The number of amidine groups is 1. The minimum absolute atomic E-state index is 0.0391. The Morgan fingerprint density at radius 2 is 2.10 bits per heavy atom. The second kappa shape index (κ2) is 6.60. The van der Waals surface area contributed by atoms with Crippen LogP contribution in [0, 0.1) is 0 Å². The molecule has 1 amide bonds. The largest absolute Gasteiger partial charge is 0.409 e. The lowest BCUT2D eigenvalue weighted by molar-refractivity contribution is 0.0940. The highest BCUT2D eigenvalue weighted by Crippen LogP contribution is 2.26. The molecule has 1 unspecified atom stereocenters. The highest BCUT2D eigenvalue weighted by atomic mass is 35.5. The van der Waals surface area contributed by atoms with Gasteiger partial charge in [0.05, 0.1) is 10.4 Å². The number of carbonyl (C=O) groups excluding carboxylic acids is 1. The van der Waals surface area contributed by atoms with Crippen LogP contribution in [-0.4, -0.2) is 17.0 Å². The Bertz CT molecular complexity index is 684. The van der Waals surface area contributed by atoms with Gasteiger partial charge in [-0.15, -0.1) is 11.3 Å². The summed E-state index contributed by atoms with van der Waals surface area (Å²) in [5, 5.41) is 14.5. The van der Waals surface area contributed by atoms with Gasteiger partial charge in [-0.3, -0.25) is 4.79 Å². The minimum atomic E-state index is -0.236. The molecule has 0 saturated heterocycles. The molecule has 0 radical (unpaired) electrons. The maximum atomic E-state index is 12.2. The number of nitrogens with two attached hydrogens (primary N) is 1. The number of rotatable bonds is 4. The number of hydrogen-bond donors (Lipinski definition) is 3. The second-order valence-corrected chi connectivity index (χ2v) is 6.15. The molecule has 4 N–H and O–H groups in total. The first kappa shape index (κ1) is 15.3. The molecule has 0 bridgehead atoms. The zero-order valence-corrected chi connectivity index (χ0v) is 12.8. The van der Waals surface area contributed by atoms with Crippen LogP contribution in [-0.2, 0) is 0 Å². The number of benzene rings is 1. The van der Waals surface area contributed by atoms with Gasteiger partial charge in [0.15, 0.2) is 5.84 Å². The number of nitrogens with zero attached hydrogens (tertiary/aromatic N) is 1. The first-order chi connectivity index (χ1) is 10.0. The van der Waals surface area contributed by atoms with Crippen LogP contribution in [0.5, 0.6) is 0 Å². The monoisotopic (exact) mass is 323 g/mol. The van der Waals surface area contributed by atoms with Gasteiger partial charge in [-0.2, -0.15) is 0 Å². The van der Waals surface area contributed by atoms with Crippen LogP contribution in [0.25, 0.3) is 0 Å². The van der Waals surface area contributed by atoms with Crippen molar-refractivity contribution in [3.05, 3.63) is 56.7 Å². The van der Waals surface area contributed by atoms with Gasteiger partial charge in [0.2, 0.25) is 0 Å². The van der Waals surface area contributed by atoms with Crippen molar-refractivity contribution in [3.8, 4) is 0 Å². The van der Waals surface area contributed by atoms with Gasteiger partial charge >= 0.3 is 0 Å². The molecule has 7 heteroatoms. The van der Waals surface area contributed by atoms with Crippen molar-refractivity contribution in [1.82, 2.24) is 5.32 Å². The van der Waals surface area contributed by atoms with E-state index >= 15 is 0 Å². The summed E-state index contributed by atoms with van der Waals surface area (Å²) in [6.45, 7) is 1.88. The molecule has 0 aliphatic carbocycles. The van der Waals surface area contributed by atoms with Crippen molar-refractivity contribution < 1.29 is 10.0 Å². The molecule has 0 fully saturated rings. The molecule has 1 aromatic carbocycles. The molecule has 1 aromatic heterocycles. The van der Waals surface area contributed by atoms with Gasteiger partial charge in [-0.05, 0) is 31.2 Å². The van der Waals surface area contributed by atoms with Gasteiger partial charge in [-0.25, -0.2) is 0 Å². The summed E-state index contributed by atoms with van der Waals surface area (Å²) in [6.07, 6.45) is 0. The van der Waals surface area contributed by atoms with Gasteiger partial charge in [-0.1, -0.05) is 28.9 Å². The Balaban J connectivity index is 2.13. The van der Waals surface area contributed by atoms with Crippen LogP contribution in [0.1, 0.15) is 33.8 Å². The second-order valence-electron chi connectivity index (χ2n) is 4.40. The van der Waals surface area contributed by atoms with Crippen LogP contribution in [0.4, 0.5) is 0 Å². The summed E-state index contributed by atoms with van der Waals surface area (Å²) in [6, 6.07) is 10.1. The Morgan fingerprint density at radius 1 is 1.38 bits per heavy atom. The Hall–Kier alpha value is -2.05. The van der Waals surface area contributed by atoms with E-state index in [9.17, 15) is 4.79 Å². The van der Waals surface area contributed by atoms with E-state index in [1.54, 1.807) is 30.3 Å². The smallest absolute Gasteiger partial charge is 0.251 e. The Morgan fingerprint density at radius 3 is 2.71 bits per heavy atom. The van der Waals surface area contributed by atoms with Crippen LogP contribution >= 0.6 is 22.9 Å². The highest BCUT2D eigenvalue weighted by molar-refractivity contribution is 7.16. The third-order valence-electron chi connectivity index (χ3n) is 2.90. The Kier molecular flexibility index (Phi) is 4.82. The first-order valence-electron chi connectivity index (χ1n) is 6.15. The normalized spacial score (nSPS) is 13.0. The molecule has 0 saturated carbocycles. The standard InChI is InChI=1S/C14H14ClN3O2S/c1-8(11-5-6-12(15)21-11)17-14(19)10-4-2-3-9(7-10)13(16)18-20/h2-8,20H,1H3,(H2,16,18)(H,17,19). The van der Waals surface area contributed by atoms with Gasteiger partial charge in [0.1, 0.15) is 0 Å². The van der Waals surface area contributed by atoms with Crippen molar-refractivity contribution in [1.29, 1.82) is 0 Å². The average molecular weight is 324 g/mol. The van der Waals surface area contributed by atoms with E-state index in [4.69, 9.17) is 22.5 Å². The fourth-order valence-electron chi connectivity index (χ4n) is 1.79. The minimum Gasteiger partial charge on any atom is -0.409 e. The number of amides is 1. The lowest BCUT2D eigenvalue weighted by Gasteiger charge is -2.12. The fourth-order valence-corrected chi connectivity index (χ4v) is 2.85. The summed E-state index contributed by atoms with van der Waals surface area (Å²) in [7, 11) is 0. The quantitative estimate of drug-likeness (QED) is 0.350. The van der Waals surface area contributed by atoms with Crippen molar-refractivity contribution >= 4 is 34.7 Å². The van der Waals surface area contributed by atoms with Crippen molar-refractivity contribution in [3.63, 3.8) is 0 Å². The number of thiophene rings is 1. The van der Waals surface area contributed by atoms with E-state index in [2.05, 4.69) is 10.5 Å². The molecule has 21 heavy (non-hydrogen) atoms. The summed E-state index contributed by atoms with van der Waals surface area (Å²) < 4.78 is 0.681. The summed E-state index contributed by atoms with van der Waals surface area (Å²) in [5.74, 6) is -0.276. The number of halogens is 1. The summed E-state index contributed by atoms with van der Waals surface area (Å²) in [5.41, 5.74) is 6.44. The number of hydrogen-bond acceptors (Lipinski definition) is 4. The van der Waals surface area contributed by atoms with Crippen molar-refractivity contribution in [2.75, 3.05) is 0 Å². The molecule has 1 atom stereocenters. The molecule has 0 aliphatic rings. The summed E-state index contributed by atoms with van der Waals surface area (Å²) >= 11 is 7.31. The zero-order valence-electron chi connectivity index (χ0n) is 11.2. The Labute approximate surface area is 131 Å². The predicted octanol–water partition coefficient (Wildman–Crippen LogP) is 2.99. The van der Waals surface area contributed by atoms with Crippen molar-refractivity contribution in [2.24, 2.45) is 10.9 Å². The lowest BCUT2D eigenvalue weighted by atomic mass is 10.1. The van der Waals surface area contributed by atoms with Crippen molar-refractivity contribution in [2.45, 2.75) is 13.0 Å². The van der Waals surface area contributed by atoms with Crippen LogP contribution < -0.4 is 11.1 Å². The number of nitrogens with one attached hydrogen (secondary N) is 1. The van der Waals surface area contributed by atoms with E-state index in [1.165, 1.54) is 11.3 Å².